The number of carbonyl (C=O) groups is 1. The molecule has 0 N–H and O–H groups in total. The minimum atomic E-state index is 0.168. The fourth-order valence-corrected chi connectivity index (χ4v) is 1.87. The number of furan rings is 1. The number of amides is 1. The number of carbonyl (C=O) groups excluding carboxylic acids is 1. The molecule has 0 aromatic carbocycles. The van der Waals surface area contributed by atoms with Gasteiger partial charge < -0.3 is 9.32 Å². The Balaban J connectivity index is 2.15. The maximum atomic E-state index is 10.7. The van der Waals surface area contributed by atoms with Crippen molar-refractivity contribution in [3.8, 4) is 0 Å². The average Bonchev–Trinajstić information content (AvgIpc) is 2.70. The smallest absolute Gasteiger partial charge is 0.210 e. The topological polar surface area (TPSA) is 33.5 Å². The SMILES string of the molecule is O=CN1CCCC[C@@H]1c1ccco1. The Morgan fingerprint density at radius 1 is 1.54 bits per heavy atom. The zero-order chi connectivity index (χ0) is 9.10. The van der Waals surface area contributed by atoms with Crippen molar-refractivity contribution in [2.75, 3.05) is 6.54 Å². The van der Waals surface area contributed by atoms with Crippen LogP contribution in [0.2, 0.25) is 0 Å². The molecule has 3 heteroatoms. The molecule has 0 bridgehead atoms. The van der Waals surface area contributed by atoms with E-state index in [9.17, 15) is 4.79 Å². The van der Waals surface area contributed by atoms with Gasteiger partial charge in [-0.2, -0.15) is 0 Å². The first-order chi connectivity index (χ1) is 6.42. The Hall–Kier alpha value is -1.25. The number of hydrogen-bond acceptors (Lipinski definition) is 2. The first kappa shape index (κ1) is 8.35. The van der Waals surface area contributed by atoms with E-state index >= 15 is 0 Å². The van der Waals surface area contributed by atoms with Crippen LogP contribution in [0.4, 0.5) is 0 Å². The van der Waals surface area contributed by atoms with Gasteiger partial charge in [-0.1, -0.05) is 0 Å². The number of likely N-dealkylation sites (tertiary alicyclic amines) is 1. The molecule has 1 aliphatic rings. The third-order valence-electron chi connectivity index (χ3n) is 2.55. The summed E-state index contributed by atoms with van der Waals surface area (Å²) in [5.41, 5.74) is 0. The molecule has 1 aliphatic heterocycles. The lowest BCUT2D eigenvalue weighted by molar-refractivity contribution is -0.121. The van der Waals surface area contributed by atoms with Crippen LogP contribution in [0, 0.1) is 0 Å². The molecule has 0 saturated carbocycles. The molecule has 1 amide bonds. The zero-order valence-corrected chi connectivity index (χ0v) is 7.48. The Kier molecular flexibility index (Phi) is 2.34. The Morgan fingerprint density at radius 3 is 3.15 bits per heavy atom. The van der Waals surface area contributed by atoms with Gasteiger partial charge in [-0.15, -0.1) is 0 Å². The second-order valence-electron chi connectivity index (χ2n) is 3.37. The maximum Gasteiger partial charge on any atom is 0.210 e. The molecule has 0 radical (unpaired) electrons. The lowest BCUT2D eigenvalue weighted by Gasteiger charge is -2.30. The molecule has 2 heterocycles. The van der Waals surface area contributed by atoms with E-state index in [1.807, 2.05) is 17.0 Å². The summed E-state index contributed by atoms with van der Waals surface area (Å²) in [5, 5.41) is 0. The first-order valence-electron chi connectivity index (χ1n) is 4.66. The summed E-state index contributed by atoms with van der Waals surface area (Å²) in [6, 6.07) is 3.97. The molecule has 13 heavy (non-hydrogen) atoms. The normalized spacial score (nSPS) is 23.1. The van der Waals surface area contributed by atoms with Gasteiger partial charge in [-0.25, -0.2) is 0 Å². The molecular formula is C10H13NO2. The first-order valence-corrected chi connectivity index (χ1v) is 4.66. The van der Waals surface area contributed by atoms with Crippen molar-refractivity contribution in [1.82, 2.24) is 4.90 Å². The highest BCUT2D eigenvalue weighted by Gasteiger charge is 2.24. The number of rotatable bonds is 2. The zero-order valence-electron chi connectivity index (χ0n) is 7.48. The molecule has 1 aromatic heterocycles. The van der Waals surface area contributed by atoms with Crippen LogP contribution in [0.1, 0.15) is 31.1 Å². The summed E-state index contributed by atoms with van der Waals surface area (Å²) >= 11 is 0. The molecule has 3 nitrogen and oxygen atoms in total. The minimum Gasteiger partial charge on any atom is -0.467 e. The van der Waals surface area contributed by atoms with Crippen molar-refractivity contribution in [2.24, 2.45) is 0 Å². The van der Waals surface area contributed by atoms with Crippen molar-refractivity contribution in [2.45, 2.75) is 25.3 Å². The van der Waals surface area contributed by atoms with Crippen molar-refractivity contribution < 1.29 is 9.21 Å². The highest BCUT2D eigenvalue weighted by molar-refractivity contribution is 5.48. The molecule has 0 aliphatic carbocycles. The van der Waals surface area contributed by atoms with Crippen LogP contribution >= 0.6 is 0 Å². The minimum absolute atomic E-state index is 0.168. The average molecular weight is 179 g/mol. The highest BCUT2D eigenvalue weighted by Crippen LogP contribution is 2.29. The summed E-state index contributed by atoms with van der Waals surface area (Å²) < 4.78 is 5.30. The highest BCUT2D eigenvalue weighted by atomic mass is 16.3. The third-order valence-corrected chi connectivity index (χ3v) is 2.55. The standard InChI is InChI=1S/C10H13NO2/c12-8-11-6-2-1-4-9(11)10-5-3-7-13-10/h3,5,7-9H,1-2,4,6H2/t9-/m1/s1. The van der Waals surface area contributed by atoms with Crippen molar-refractivity contribution >= 4 is 6.41 Å². The number of nitrogens with zero attached hydrogens (tertiary/aromatic N) is 1. The quantitative estimate of drug-likeness (QED) is 0.650. The van der Waals surface area contributed by atoms with Gasteiger partial charge in [0.15, 0.2) is 0 Å². The van der Waals surface area contributed by atoms with Gasteiger partial charge in [0.2, 0.25) is 6.41 Å². The van der Waals surface area contributed by atoms with Crippen molar-refractivity contribution in [1.29, 1.82) is 0 Å². The summed E-state index contributed by atoms with van der Waals surface area (Å²) in [7, 11) is 0. The van der Waals surface area contributed by atoms with Crippen LogP contribution in [0.25, 0.3) is 0 Å². The van der Waals surface area contributed by atoms with Gasteiger partial charge in [0.1, 0.15) is 5.76 Å². The predicted molar refractivity (Wildman–Crippen MR) is 48.1 cm³/mol. The van der Waals surface area contributed by atoms with Gasteiger partial charge in [0.25, 0.3) is 0 Å². The fourth-order valence-electron chi connectivity index (χ4n) is 1.87. The maximum absolute atomic E-state index is 10.7. The fraction of sp³-hybridized carbons (Fsp3) is 0.500. The van der Waals surface area contributed by atoms with E-state index < -0.39 is 0 Å². The Bertz CT molecular complexity index is 268. The second-order valence-corrected chi connectivity index (χ2v) is 3.37. The van der Waals surface area contributed by atoms with Crippen LogP contribution in [-0.4, -0.2) is 17.9 Å². The number of piperidine rings is 1. The van der Waals surface area contributed by atoms with Gasteiger partial charge >= 0.3 is 0 Å². The molecule has 1 atom stereocenters. The van der Waals surface area contributed by atoms with Gasteiger partial charge in [-0.3, -0.25) is 4.79 Å². The van der Waals surface area contributed by atoms with Gasteiger partial charge in [0.05, 0.1) is 12.3 Å². The molecule has 0 unspecified atom stereocenters. The largest absolute Gasteiger partial charge is 0.467 e. The lowest BCUT2D eigenvalue weighted by Crippen LogP contribution is -2.31. The van der Waals surface area contributed by atoms with Crippen LogP contribution in [0.5, 0.6) is 0 Å². The predicted octanol–water partition coefficient (Wildman–Crippen LogP) is 1.96. The van der Waals surface area contributed by atoms with E-state index in [1.165, 1.54) is 6.42 Å². The molecule has 70 valence electrons. The van der Waals surface area contributed by atoms with Crippen molar-refractivity contribution in [3.63, 3.8) is 0 Å². The Labute approximate surface area is 77.3 Å². The van der Waals surface area contributed by atoms with E-state index in [0.29, 0.717) is 0 Å². The molecule has 1 fully saturated rings. The third kappa shape index (κ3) is 1.59. The van der Waals surface area contributed by atoms with E-state index in [1.54, 1.807) is 6.26 Å². The summed E-state index contributed by atoms with van der Waals surface area (Å²) in [4.78, 5) is 12.6. The molecule has 1 aromatic rings. The van der Waals surface area contributed by atoms with Crippen LogP contribution in [0.3, 0.4) is 0 Å². The van der Waals surface area contributed by atoms with E-state index in [4.69, 9.17) is 4.42 Å². The van der Waals surface area contributed by atoms with Crippen molar-refractivity contribution in [3.05, 3.63) is 24.2 Å². The van der Waals surface area contributed by atoms with Crippen LogP contribution in [-0.2, 0) is 4.79 Å². The van der Waals surface area contributed by atoms with E-state index in [2.05, 4.69) is 0 Å². The van der Waals surface area contributed by atoms with Crippen LogP contribution in [0.15, 0.2) is 22.8 Å². The second kappa shape index (κ2) is 3.64. The molecule has 1 saturated heterocycles. The molecule has 0 spiro atoms. The summed E-state index contributed by atoms with van der Waals surface area (Å²) in [5.74, 6) is 0.909. The Morgan fingerprint density at radius 2 is 2.46 bits per heavy atom. The van der Waals surface area contributed by atoms with Crippen LogP contribution < -0.4 is 0 Å². The van der Waals surface area contributed by atoms with E-state index in [-0.39, 0.29) is 6.04 Å². The van der Waals surface area contributed by atoms with Gasteiger partial charge in [0, 0.05) is 6.54 Å². The lowest BCUT2D eigenvalue weighted by atomic mass is 10.0. The van der Waals surface area contributed by atoms with Gasteiger partial charge in [-0.05, 0) is 31.4 Å². The van der Waals surface area contributed by atoms with E-state index in [0.717, 1.165) is 31.6 Å². The summed E-state index contributed by atoms with van der Waals surface area (Å²) in [6.45, 7) is 0.856. The monoisotopic (exact) mass is 179 g/mol. The number of hydrogen-bond donors (Lipinski definition) is 0. The molecule has 2 rings (SSSR count). The summed E-state index contributed by atoms with van der Waals surface area (Å²) in [6.07, 6.45) is 5.89. The molecular weight excluding hydrogens is 166 g/mol.